The van der Waals surface area contributed by atoms with Crippen molar-refractivity contribution in [1.29, 1.82) is 0 Å². The van der Waals surface area contributed by atoms with Gasteiger partial charge in [-0.2, -0.15) is 0 Å². The summed E-state index contributed by atoms with van der Waals surface area (Å²) < 4.78 is 2.29. The lowest BCUT2D eigenvalue weighted by atomic mass is 10.2. The molecule has 0 aliphatic rings. The second-order valence-electron chi connectivity index (χ2n) is 4.50. The fraction of sp³-hybridized carbons (Fsp3) is 0.125. The molecule has 0 saturated carbocycles. The largest absolute Gasteiger partial charge is 0.336 e. The normalized spacial score (nSPS) is 11.2. The van der Waals surface area contributed by atoms with Crippen molar-refractivity contribution >= 4 is 33.4 Å². The Morgan fingerprint density at radius 2 is 1.44 bits per heavy atom. The molecule has 90 valence electrons. The standard InChI is InChI=1S/C16H14ClN/c1-12(10-17)11-18-15-8-4-2-6-13(15)14-7-3-5-9-16(14)18/h2-9H,1,10-11H2. The van der Waals surface area contributed by atoms with Crippen molar-refractivity contribution < 1.29 is 0 Å². The quantitative estimate of drug-likeness (QED) is 0.477. The van der Waals surface area contributed by atoms with E-state index in [0.29, 0.717) is 5.88 Å². The van der Waals surface area contributed by atoms with E-state index in [0.717, 1.165) is 12.1 Å². The molecule has 0 N–H and O–H groups in total. The maximum Gasteiger partial charge on any atom is 0.0494 e. The SMILES string of the molecule is C=C(CCl)Cn1c2ccccc2c2ccccc21. The van der Waals surface area contributed by atoms with Crippen LogP contribution in [0.4, 0.5) is 0 Å². The maximum atomic E-state index is 5.86. The predicted octanol–water partition coefficient (Wildman–Crippen LogP) is 4.59. The van der Waals surface area contributed by atoms with Crippen LogP contribution < -0.4 is 0 Å². The molecule has 0 atom stereocenters. The van der Waals surface area contributed by atoms with E-state index in [4.69, 9.17) is 11.6 Å². The van der Waals surface area contributed by atoms with Gasteiger partial charge >= 0.3 is 0 Å². The molecule has 1 aromatic heterocycles. The summed E-state index contributed by atoms with van der Waals surface area (Å²) in [7, 11) is 0. The first-order chi connectivity index (χ1) is 8.81. The second-order valence-corrected chi connectivity index (χ2v) is 4.77. The van der Waals surface area contributed by atoms with E-state index in [2.05, 4.69) is 59.7 Å². The number of para-hydroxylation sites is 2. The van der Waals surface area contributed by atoms with E-state index in [1.807, 2.05) is 0 Å². The van der Waals surface area contributed by atoms with E-state index in [-0.39, 0.29) is 0 Å². The number of hydrogen-bond acceptors (Lipinski definition) is 0. The molecule has 0 bridgehead atoms. The molecule has 0 unspecified atom stereocenters. The first-order valence-corrected chi connectivity index (χ1v) is 6.53. The zero-order chi connectivity index (χ0) is 12.5. The molecule has 3 rings (SSSR count). The summed E-state index contributed by atoms with van der Waals surface area (Å²) in [5.41, 5.74) is 3.51. The van der Waals surface area contributed by atoms with Crippen LogP contribution in [-0.2, 0) is 6.54 Å². The molecule has 2 heteroatoms. The van der Waals surface area contributed by atoms with Crippen LogP contribution >= 0.6 is 11.6 Å². The van der Waals surface area contributed by atoms with Crippen molar-refractivity contribution in [2.24, 2.45) is 0 Å². The number of aromatic nitrogens is 1. The van der Waals surface area contributed by atoms with Crippen molar-refractivity contribution in [2.75, 3.05) is 5.88 Å². The van der Waals surface area contributed by atoms with Gasteiger partial charge in [0.1, 0.15) is 0 Å². The zero-order valence-corrected chi connectivity index (χ0v) is 10.8. The fourth-order valence-corrected chi connectivity index (χ4v) is 2.52. The number of nitrogens with zero attached hydrogens (tertiary/aromatic N) is 1. The van der Waals surface area contributed by atoms with E-state index in [1.54, 1.807) is 0 Å². The van der Waals surface area contributed by atoms with Crippen LogP contribution in [0.15, 0.2) is 60.7 Å². The topological polar surface area (TPSA) is 4.93 Å². The molecule has 0 spiro atoms. The fourth-order valence-electron chi connectivity index (χ4n) is 2.44. The van der Waals surface area contributed by atoms with Gasteiger partial charge in [-0.15, -0.1) is 11.6 Å². The number of rotatable bonds is 3. The lowest BCUT2D eigenvalue weighted by molar-refractivity contribution is 0.854. The highest BCUT2D eigenvalue weighted by molar-refractivity contribution is 6.19. The monoisotopic (exact) mass is 255 g/mol. The third-order valence-electron chi connectivity index (χ3n) is 3.25. The molecule has 1 heterocycles. The molecule has 0 saturated heterocycles. The highest BCUT2D eigenvalue weighted by Gasteiger charge is 2.09. The van der Waals surface area contributed by atoms with E-state index < -0.39 is 0 Å². The number of hydrogen-bond donors (Lipinski definition) is 0. The van der Waals surface area contributed by atoms with Crippen LogP contribution in [0.3, 0.4) is 0 Å². The first-order valence-electron chi connectivity index (χ1n) is 6.00. The van der Waals surface area contributed by atoms with Crippen molar-refractivity contribution in [3.63, 3.8) is 0 Å². The summed E-state index contributed by atoms with van der Waals surface area (Å²) in [6.07, 6.45) is 0. The Bertz CT molecular complexity index is 671. The number of allylic oxidation sites excluding steroid dienone is 1. The van der Waals surface area contributed by atoms with Crippen molar-refractivity contribution in [3.05, 3.63) is 60.7 Å². The van der Waals surface area contributed by atoms with Gasteiger partial charge in [-0.3, -0.25) is 0 Å². The maximum absolute atomic E-state index is 5.86. The minimum absolute atomic E-state index is 0.501. The van der Waals surface area contributed by atoms with Crippen molar-refractivity contribution in [1.82, 2.24) is 4.57 Å². The molecule has 0 amide bonds. The van der Waals surface area contributed by atoms with E-state index >= 15 is 0 Å². The zero-order valence-electron chi connectivity index (χ0n) is 10.1. The number of fused-ring (bicyclic) bond motifs is 3. The molecular formula is C16H14ClN. The molecular weight excluding hydrogens is 242 g/mol. The van der Waals surface area contributed by atoms with Crippen molar-refractivity contribution in [3.8, 4) is 0 Å². The molecule has 0 fully saturated rings. The third kappa shape index (κ3) is 1.72. The highest BCUT2D eigenvalue weighted by atomic mass is 35.5. The van der Waals surface area contributed by atoms with Crippen LogP contribution in [0.25, 0.3) is 21.8 Å². The number of halogens is 1. The lowest BCUT2D eigenvalue weighted by Crippen LogP contribution is -2.00. The van der Waals surface area contributed by atoms with E-state index in [9.17, 15) is 0 Å². The Morgan fingerprint density at radius 3 is 1.94 bits per heavy atom. The molecule has 0 aliphatic heterocycles. The molecule has 2 aromatic carbocycles. The smallest absolute Gasteiger partial charge is 0.0494 e. The summed E-state index contributed by atoms with van der Waals surface area (Å²) >= 11 is 5.86. The van der Waals surface area contributed by atoms with Gasteiger partial charge in [0.2, 0.25) is 0 Å². The van der Waals surface area contributed by atoms with Crippen LogP contribution in [0.2, 0.25) is 0 Å². The second kappa shape index (κ2) is 4.51. The minimum atomic E-state index is 0.501. The number of benzene rings is 2. The number of alkyl halides is 1. The van der Waals surface area contributed by atoms with Gasteiger partial charge in [-0.25, -0.2) is 0 Å². The Kier molecular flexibility index (Phi) is 2.85. The van der Waals surface area contributed by atoms with Gasteiger partial charge in [0.25, 0.3) is 0 Å². The summed E-state index contributed by atoms with van der Waals surface area (Å²) in [5, 5.41) is 2.57. The van der Waals surface area contributed by atoms with Crippen LogP contribution in [0.1, 0.15) is 0 Å². The van der Waals surface area contributed by atoms with Gasteiger partial charge < -0.3 is 4.57 Å². The highest BCUT2D eigenvalue weighted by Crippen LogP contribution is 2.29. The Labute approximate surface area is 111 Å². The average Bonchev–Trinajstić information content (AvgIpc) is 2.74. The van der Waals surface area contributed by atoms with Gasteiger partial charge in [0, 0.05) is 34.2 Å². The van der Waals surface area contributed by atoms with Gasteiger partial charge in [-0.05, 0) is 17.7 Å². The average molecular weight is 256 g/mol. The Balaban J connectivity index is 2.34. The molecule has 3 aromatic rings. The third-order valence-corrected chi connectivity index (χ3v) is 3.63. The Hall–Kier alpha value is -1.73. The summed E-state index contributed by atoms with van der Waals surface area (Å²) in [6, 6.07) is 16.9. The predicted molar refractivity (Wildman–Crippen MR) is 79.3 cm³/mol. The molecule has 0 radical (unpaired) electrons. The first kappa shape index (κ1) is 11.4. The van der Waals surface area contributed by atoms with Crippen LogP contribution in [-0.4, -0.2) is 10.4 Å². The Morgan fingerprint density at radius 1 is 0.944 bits per heavy atom. The summed E-state index contributed by atoms with van der Waals surface area (Å²) in [5.74, 6) is 0.501. The van der Waals surface area contributed by atoms with Gasteiger partial charge in [-0.1, -0.05) is 43.0 Å². The van der Waals surface area contributed by atoms with Crippen molar-refractivity contribution in [2.45, 2.75) is 6.54 Å². The summed E-state index contributed by atoms with van der Waals surface area (Å²) in [6.45, 7) is 4.78. The molecule has 1 nitrogen and oxygen atoms in total. The van der Waals surface area contributed by atoms with Gasteiger partial charge in [0.05, 0.1) is 0 Å². The van der Waals surface area contributed by atoms with Gasteiger partial charge in [0.15, 0.2) is 0 Å². The molecule has 0 aliphatic carbocycles. The minimum Gasteiger partial charge on any atom is -0.336 e. The summed E-state index contributed by atoms with van der Waals surface area (Å²) in [4.78, 5) is 0. The van der Waals surface area contributed by atoms with Crippen LogP contribution in [0.5, 0.6) is 0 Å². The van der Waals surface area contributed by atoms with E-state index in [1.165, 1.54) is 21.8 Å². The lowest BCUT2D eigenvalue weighted by Gasteiger charge is -2.07. The molecule has 18 heavy (non-hydrogen) atoms. The van der Waals surface area contributed by atoms with Crippen LogP contribution in [0, 0.1) is 0 Å².